The summed E-state index contributed by atoms with van der Waals surface area (Å²) in [6, 6.07) is 13.5. The zero-order valence-electron chi connectivity index (χ0n) is 30.7. The maximum atomic E-state index is 14.3. The molecular formula is C41H47ClF3N3O6. The lowest BCUT2D eigenvalue weighted by molar-refractivity contribution is -0.174. The van der Waals surface area contributed by atoms with E-state index >= 15 is 0 Å². The fourth-order valence-electron chi connectivity index (χ4n) is 9.15. The Morgan fingerprint density at radius 1 is 1.06 bits per heavy atom. The lowest BCUT2D eigenvalue weighted by atomic mass is 9.59. The minimum Gasteiger partial charge on any atom is -0.494 e. The molecule has 3 aliphatic carbocycles. The van der Waals surface area contributed by atoms with Crippen LogP contribution in [0.15, 0.2) is 54.7 Å². The summed E-state index contributed by atoms with van der Waals surface area (Å²) >= 11 is 6.22. The number of halogens is 4. The topological polar surface area (TPSA) is 107 Å². The average Bonchev–Trinajstić information content (AvgIpc) is 3.45. The molecule has 13 heteroatoms. The fourth-order valence-corrected chi connectivity index (χ4v) is 9.33. The van der Waals surface area contributed by atoms with Gasteiger partial charge in [-0.3, -0.25) is 19.5 Å². The van der Waals surface area contributed by atoms with Gasteiger partial charge in [-0.15, -0.1) is 0 Å². The molecule has 3 aliphatic rings. The van der Waals surface area contributed by atoms with Crippen LogP contribution in [0.25, 0.3) is 0 Å². The molecule has 9 nitrogen and oxygen atoms in total. The van der Waals surface area contributed by atoms with Gasteiger partial charge in [0, 0.05) is 34.7 Å². The van der Waals surface area contributed by atoms with Crippen LogP contribution in [0, 0.1) is 5.92 Å². The van der Waals surface area contributed by atoms with Gasteiger partial charge < -0.3 is 19.5 Å². The van der Waals surface area contributed by atoms with Gasteiger partial charge in [0.2, 0.25) is 6.41 Å². The van der Waals surface area contributed by atoms with Crippen LogP contribution in [0.3, 0.4) is 0 Å². The lowest BCUT2D eigenvalue weighted by Crippen LogP contribution is -2.63. The van der Waals surface area contributed by atoms with E-state index in [0.29, 0.717) is 62.0 Å². The maximum absolute atomic E-state index is 14.3. The van der Waals surface area contributed by atoms with Crippen LogP contribution in [0.2, 0.25) is 5.02 Å². The molecule has 1 spiro atoms. The predicted molar refractivity (Wildman–Crippen MR) is 198 cm³/mol. The van der Waals surface area contributed by atoms with E-state index in [1.54, 1.807) is 6.20 Å². The Bertz CT molecular complexity index is 1830. The zero-order chi connectivity index (χ0) is 38.5. The van der Waals surface area contributed by atoms with Crippen LogP contribution < -0.4 is 19.7 Å². The minimum atomic E-state index is -5.26. The third kappa shape index (κ3) is 7.90. The number of benzene rings is 2. The molecule has 6 rings (SSSR count). The molecule has 1 fully saturated rings. The van der Waals surface area contributed by atoms with Crippen molar-refractivity contribution in [2.75, 3.05) is 31.8 Å². The summed E-state index contributed by atoms with van der Waals surface area (Å²) in [6.07, 6.45) is 3.71. The SMILES string of the molecule is COC(=O)C1(N(C(=O)C(F)(F)F)c2cccc(Cl)c2)CCC2(CC1)c1cc(OCCCNC=O)ccc1CC2CCCOc1ccnc2c1[C@H](C)CCC2. The number of aryl methyl sites for hydroxylation is 1. The van der Waals surface area contributed by atoms with E-state index in [1.807, 2.05) is 24.3 Å². The molecule has 1 heterocycles. The van der Waals surface area contributed by atoms with Crippen molar-refractivity contribution in [2.24, 2.45) is 5.92 Å². The number of pyridine rings is 1. The molecule has 1 N–H and O–H groups in total. The van der Waals surface area contributed by atoms with Gasteiger partial charge in [0.25, 0.3) is 0 Å². The molecule has 1 saturated carbocycles. The Balaban J connectivity index is 1.29. The quantitative estimate of drug-likeness (QED) is 0.101. The Labute approximate surface area is 318 Å². The molecule has 2 aromatic carbocycles. The van der Waals surface area contributed by atoms with Gasteiger partial charge in [-0.25, -0.2) is 4.79 Å². The van der Waals surface area contributed by atoms with Crippen LogP contribution in [0.1, 0.15) is 93.0 Å². The number of esters is 1. The first-order valence-electron chi connectivity index (χ1n) is 18.7. The fraction of sp³-hybridized carbons (Fsp3) is 0.512. The van der Waals surface area contributed by atoms with Crippen LogP contribution in [-0.4, -0.2) is 61.9 Å². The van der Waals surface area contributed by atoms with Gasteiger partial charge in [-0.05, 0) is 135 Å². The predicted octanol–water partition coefficient (Wildman–Crippen LogP) is 8.04. The molecule has 290 valence electrons. The number of methoxy groups -OCH3 is 1. The number of rotatable bonds is 14. The van der Waals surface area contributed by atoms with E-state index in [0.717, 1.165) is 68.2 Å². The number of anilines is 1. The summed E-state index contributed by atoms with van der Waals surface area (Å²) in [5, 5.41) is 2.75. The summed E-state index contributed by atoms with van der Waals surface area (Å²) in [5.41, 5.74) is 1.88. The summed E-state index contributed by atoms with van der Waals surface area (Å²) < 4.78 is 60.7. The molecule has 3 aromatic rings. The van der Waals surface area contributed by atoms with Crippen LogP contribution in [0.5, 0.6) is 11.5 Å². The number of hydrogen-bond donors (Lipinski definition) is 1. The lowest BCUT2D eigenvalue weighted by Gasteiger charge is -2.50. The number of fused-ring (bicyclic) bond motifs is 3. The van der Waals surface area contributed by atoms with E-state index in [9.17, 15) is 27.6 Å². The molecule has 2 amide bonds. The van der Waals surface area contributed by atoms with Crippen LogP contribution in [-0.2, 0) is 37.4 Å². The van der Waals surface area contributed by atoms with E-state index in [2.05, 4.69) is 17.2 Å². The first-order valence-corrected chi connectivity index (χ1v) is 19.1. The normalized spacial score (nSPS) is 23.2. The number of nitrogens with zero attached hydrogens (tertiary/aromatic N) is 2. The van der Waals surface area contributed by atoms with Crippen molar-refractivity contribution in [3.05, 3.63) is 82.1 Å². The van der Waals surface area contributed by atoms with Crippen molar-refractivity contribution in [2.45, 2.75) is 101 Å². The van der Waals surface area contributed by atoms with Crippen molar-refractivity contribution in [1.82, 2.24) is 10.3 Å². The molecular weight excluding hydrogens is 723 g/mol. The van der Waals surface area contributed by atoms with Gasteiger partial charge in [-0.1, -0.05) is 30.7 Å². The third-order valence-electron chi connectivity index (χ3n) is 11.7. The number of alkyl halides is 3. The van der Waals surface area contributed by atoms with Crippen LogP contribution in [0.4, 0.5) is 18.9 Å². The minimum absolute atomic E-state index is 0.0655. The highest BCUT2D eigenvalue weighted by Gasteiger charge is 2.60. The van der Waals surface area contributed by atoms with Gasteiger partial charge in [0.05, 0.1) is 20.3 Å². The Hall–Kier alpha value is -4.32. The van der Waals surface area contributed by atoms with Gasteiger partial charge in [0.1, 0.15) is 17.0 Å². The van der Waals surface area contributed by atoms with Gasteiger partial charge >= 0.3 is 18.1 Å². The van der Waals surface area contributed by atoms with Crippen molar-refractivity contribution in [3.8, 4) is 11.5 Å². The Kier molecular flexibility index (Phi) is 12.1. The average molecular weight is 770 g/mol. The number of carbonyl (C=O) groups excluding carboxylic acids is 3. The number of ether oxygens (including phenoxy) is 3. The Morgan fingerprint density at radius 2 is 1.83 bits per heavy atom. The maximum Gasteiger partial charge on any atom is 0.471 e. The highest BCUT2D eigenvalue weighted by molar-refractivity contribution is 6.31. The van der Waals surface area contributed by atoms with E-state index in [1.165, 1.54) is 29.8 Å². The molecule has 1 aromatic heterocycles. The first-order chi connectivity index (χ1) is 25.9. The standard InChI is InChI=1S/C41H47ClF3N3O6/c1-27-7-3-11-34-36(27)35(14-20-47-34)54-21-5-8-29-23-28-12-13-32(53-22-6-19-46-26-49)25-33(28)39(29)15-17-40(18-16-39,38(51)52-2)48(37(50)41(43,44)45)31-10-4-9-30(42)24-31/h4,9-10,12-14,20,24-27,29H,3,5-8,11,15-19,21-23H2,1-2H3,(H,46,49)/t27-,29?,39?,40?/m1/s1. The van der Waals surface area contributed by atoms with Crippen molar-refractivity contribution in [3.63, 3.8) is 0 Å². The second-order valence-electron chi connectivity index (χ2n) is 14.7. The monoisotopic (exact) mass is 769 g/mol. The van der Waals surface area contributed by atoms with E-state index < -0.39 is 29.0 Å². The highest BCUT2D eigenvalue weighted by atomic mass is 35.5. The molecule has 0 aliphatic heterocycles. The molecule has 0 bridgehead atoms. The molecule has 0 radical (unpaired) electrons. The number of carbonyl (C=O) groups is 3. The third-order valence-corrected chi connectivity index (χ3v) is 11.9. The molecule has 0 saturated heterocycles. The number of nitrogens with one attached hydrogen (secondary N) is 1. The number of hydrogen-bond acceptors (Lipinski definition) is 7. The van der Waals surface area contributed by atoms with E-state index in [-0.39, 0.29) is 29.5 Å². The summed E-state index contributed by atoms with van der Waals surface area (Å²) in [4.78, 5) is 42.9. The summed E-state index contributed by atoms with van der Waals surface area (Å²) in [5.74, 6) is -1.08. The van der Waals surface area contributed by atoms with Crippen molar-refractivity contribution < 1.29 is 41.8 Å². The molecule has 1 unspecified atom stereocenters. The Morgan fingerprint density at radius 3 is 2.56 bits per heavy atom. The molecule has 2 atom stereocenters. The second kappa shape index (κ2) is 16.6. The largest absolute Gasteiger partial charge is 0.494 e. The zero-order valence-corrected chi connectivity index (χ0v) is 31.4. The number of aromatic nitrogens is 1. The van der Waals surface area contributed by atoms with Crippen molar-refractivity contribution >= 4 is 35.6 Å². The van der Waals surface area contributed by atoms with Gasteiger partial charge in [0.15, 0.2) is 0 Å². The summed E-state index contributed by atoms with van der Waals surface area (Å²) in [7, 11) is 1.13. The second-order valence-corrected chi connectivity index (χ2v) is 15.2. The van der Waals surface area contributed by atoms with E-state index in [4.69, 9.17) is 25.8 Å². The smallest absolute Gasteiger partial charge is 0.471 e. The van der Waals surface area contributed by atoms with Gasteiger partial charge in [-0.2, -0.15) is 13.2 Å². The molecule has 54 heavy (non-hydrogen) atoms. The number of amides is 2. The first kappa shape index (κ1) is 39.4. The van der Waals surface area contributed by atoms with Crippen molar-refractivity contribution in [1.29, 1.82) is 0 Å². The summed E-state index contributed by atoms with van der Waals surface area (Å²) in [6.45, 7) is 3.55. The highest BCUT2D eigenvalue weighted by Crippen LogP contribution is 2.57. The van der Waals surface area contributed by atoms with Crippen LogP contribution >= 0.6 is 11.6 Å².